The molecule has 2 unspecified atom stereocenters. The molecule has 0 bridgehead atoms. The highest BCUT2D eigenvalue weighted by atomic mass is 31.0. The van der Waals surface area contributed by atoms with E-state index in [0.717, 1.165) is 0 Å². The molecule has 0 saturated heterocycles. The van der Waals surface area contributed by atoms with Crippen LogP contribution in [0.5, 0.6) is 0 Å². The minimum atomic E-state index is -1.50. The molecule has 0 amide bonds. The van der Waals surface area contributed by atoms with Crippen molar-refractivity contribution < 1.29 is 23.4 Å². The van der Waals surface area contributed by atoms with Crippen molar-refractivity contribution in [3.63, 3.8) is 0 Å². The minimum Gasteiger partial charge on any atom is -0.438 e. The first-order valence-corrected chi connectivity index (χ1v) is 5.55. The maximum Gasteiger partial charge on any atom is 0.508 e. The van der Waals surface area contributed by atoms with Crippen LogP contribution in [0.1, 0.15) is 20.8 Å². The summed E-state index contributed by atoms with van der Waals surface area (Å²) in [6.45, 7) is 5.49. The Labute approximate surface area is 98.0 Å². The molecule has 0 radical (unpaired) electrons. The van der Waals surface area contributed by atoms with Crippen LogP contribution in [0, 0.1) is 5.41 Å². The fourth-order valence-electron chi connectivity index (χ4n) is 0.680. The zero-order chi connectivity index (χ0) is 12.8. The molecule has 4 nitrogen and oxygen atoms in total. The predicted molar refractivity (Wildman–Crippen MR) is 62.2 cm³/mol. The summed E-state index contributed by atoms with van der Waals surface area (Å²) in [5.74, 6) is 0. The van der Waals surface area contributed by atoms with Crippen LogP contribution in [-0.4, -0.2) is 38.5 Å². The normalized spacial score (nSPS) is 15.4. The Morgan fingerprint density at radius 1 is 1.31 bits per heavy atom. The van der Waals surface area contributed by atoms with Gasteiger partial charge in [0.25, 0.3) is 0 Å². The first-order valence-electron chi connectivity index (χ1n) is 4.97. The average Bonchev–Trinajstić information content (AvgIpc) is 2.15. The molecule has 2 atom stereocenters. The number of alkyl halides is 1. The molecule has 0 heterocycles. The minimum absolute atomic E-state index is 0.0531. The summed E-state index contributed by atoms with van der Waals surface area (Å²) in [6, 6.07) is 0. The lowest BCUT2D eigenvalue weighted by molar-refractivity contribution is -0.0126. The van der Waals surface area contributed by atoms with Gasteiger partial charge < -0.3 is 14.2 Å². The molecular formula is C10H20FO4P. The van der Waals surface area contributed by atoms with Crippen molar-refractivity contribution in [3.05, 3.63) is 0 Å². The standard InChI is InChI=1S/C10H20FO4P/c1-9(2,3)10(11,16)7-14-5-6-15-8(12)13-4/h5-7,16H2,1-4H3. The van der Waals surface area contributed by atoms with Gasteiger partial charge in [0.05, 0.1) is 20.3 Å². The lowest BCUT2D eigenvalue weighted by atomic mass is 9.90. The third kappa shape index (κ3) is 5.61. The van der Waals surface area contributed by atoms with Crippen molar-refractivity contribution >= 4 is 15.4 Å². The number of methoxy groups -OCH3 is 1. The molecule has 0 aromatic carbocycles. The van der Waals surface area contributed by atoms with Crippen LogP contribution in [0.2, 0.25) is 0 Å². The van der Waals surface area contributed by atoms with Crippen LogP contribution < -0.4 is 0 Å². The topological polar surface area (TPSA) is 44.8 Å². The first-order chi connectivity index (χ1) is 7.20. The number of hydrogen-bond acceptors (Lipinski definition) is 4. The Kier molecular flexibility index (Phi) is 6.19. The lowest BCUT2D eigenvalue weighted by Crippen LogP contribution is -2.37. The fraction of sp³-hybridized carbons (Fsp3) is 0.900. The second-order valence-electron chi connectivity index (χ2n) is 4.47. The molecule has 0 aromatic rings. The van der Waals surface area contributed by atoms with Gasteiger partial charge in [-0.15, -0.1) is 0 Å². The summed E-state index contributed by atoms with van der Waals surface area (Å²) in [4.78, 5) is 10.6. The van der Waals surface area contributed by atoms with E-state index < -0.39 is 17.0 Å². The summed E-state index contributed by atoms with van der Waals surface area (Å²) >= 11 is 0. The molecule has 0 spiro atoms. The van der Waals surface area contributed by atoms with Crippen molar-refractivity contribution in [2.45, 2.75) is 26.2 Å². The number of ether oxygens (including phenoxy) is 3. The van der Waals surface area contributed by atoms with Crippen molar-refractivity contribution in [1.29, 1.82) is 0 Å². The maximum atomic E-state index is 14.0. The van der Waals surface area contributed by atoms with Crippen LogP contribution >= 0.6 is 9.24 Å². The molecule has 0 fully saturated rings. The van der Waals surface area contributed by atoms with E-state index in [9.17, 15) is 9.18 Å². The van der Waals surface area contributed by atoms with E-state index in [4.69, 9.17) is 4.74 Å². The van der Waals surface area contributed by atoms with E-state index >= 15 is 0 Å². The highest BCUT2D eigenvalue weighted by molar-refractivity contribution is 7.18. The highest BCUT2D eigenvalue weighted by Gasteiger charge is 2.38. The van der Waals surface area contributed by atoms with Crippen molar-refractivity contribution in [1.82, 2.24) is 0 Å². The molecule has 0 aliphatic carbocycles. The summed E-state index contributed by atoms with van der Waals surface area (Å²) in [7, 11) is 3.37. The summed E-state index contributed by atoms with van der Waals surface area (Å²) in [5.41, 5.74) is -0.527. The van der Waals surface area contributed by atoms with Gasteiger partial charge >= 0.3 is 6.16 Å². The van der Waals surface area contributed by atoms with E-state index in [1.807, 2.05) is 0 Å². The number of rotatable bonds is 5. The van der Waals surface area contributed by atoms with Crippen LogP contribution in [0.4, 0.5) is 9.18 Å². The van der Waals surface area contributed by atoms with E-state index in [0.29, 0.717) is 0 Å². The first kappa shape index (κ1) is 15.6. The van der Waals surface area contributed by atoms with Gasteiger partial charge in [0.2, 0.25) is 0 Å². The van der Waals surface area contributed by atoms with Gasteiger partial charge in [-0.25, -0.2) is 9.18 Å². The van der Waals surface area contributed by atoms with Gasteiger partial charge in [-0.3, -0.25) is 0 Å². The van der Waals surface area contributed by atoms with Gasteiger partial charge in [-0.2, -0.15) is 0 Å². The van der Waals surface area contributed by atoms with Gasteiger partial charge in [0.15, 0.2) is 5.41 Å². The Hall–Kier alpha value is -0.410. The Bertz CT molecular complexity index is 225. The lowest BCUT2D eigenvalue weighted by Gasteiger charge is -2.33. The Morgan fingerprint density at radius 3 is 2.31 bits per heavy atom. The zero-order valence-corrected chi connectivity index (χ0v) is 11.4. The monoisotopic (exact) mass is 254 g/mol. The van der Waals surface area contributed by atoms with Gasteiger partial charge in [0.1, 0.15) is 6.61 Å². The molecule has 0 aromatic heterocycles. The van der Waals surface area contributed by atoms with Crippen molar-refractivity contribution in [2.24, 2.45) is 5.41 Å². The molecule has 0 saturated carbocycles. The fourth-order valence-corrected chi connectivity index (χ4v) is 0.798. The molecule has 0 aliphatic rings. The predicted octanol–water partition coefficient (Wildman–Crippen LogP) is 2.37. The van der Waals surface area contributed by atoms with Crippen molar-refractivity contribution in [2.75, 3.05) is 26.9 Å². The summed E-state index contributed by atoms with van der Waals surface area (Å²) < 4.78 is 27.9. The Morgan fingerprint density at radius 2 is 1.88 bits per heavy atom. The van der Waals surface area contributed by atoms with Gasteiger partial charge in [-0.05, 0) is 0 Å². The average molecular weight is 254 g/mol. The van der Waals surface area contributed by atoms with Crippen LogP contribution in [0.25, 0.3) is 0 Å². The largest absolute Gasteiger partial charge is 0.508 e. The van der Waals surface area contributed by atoms with E-state index in [1.54, 1.807) is 20.8 Å². The summed E-state index contributed by atoms with van der Waals surface area (Å²) in [5, 5.41) is -1.50. The Balaban J connectivity index is 3.71. The van der Waals surface area contributed by atoms with E-state index in [-0.39, 0.29) is 19.8 Å². The molecule has 0 rings (SSSR count). The molecule has 0 N–H and O–H groups in total. The van der Waals surface area contributed by atoms with Crippen LogP contribution in [-0.2, 0) is 14.2 Å². The van der Waals surface area contributed by atoms with Crippen molar-refractivity contribution in [3.8, 4) is 0 Å². The zero-order valence-electron chi connectivity index (χ0n) is 10.2. The molecule has 16 heavy (non-hydrogen) atoms. The smallest absolute Gasteiger partial charge is 0.438 e. The SMILES string of the molecule is COC(=O)OCCOCC(F)(P)C(C)(C)C. The number of carbonyl (C=O) groups is 1. The summed E-state index contributed by atoms with van der Waals surface area (Å²) in [6.07, 6.45) is -0.767. The molecule has 6 heteroatoms. The highest BCUT2D eigenvalue weighted by Crippen LogP contribution is 2.39. The van der Waals surface area contributed by atoms with Gasteiger partial charge in [-0.1, -0.05) is 30.0 Å². The van der Waals surface area contributed by atoms with Gasteiger partial charge in [0, 0.05) is 5.41 Å². The number of hydrogen-bond donors (Lipinski definition) is 0. The van der Waals surface area contributed by atoms with E-state index in [1.165, 1.54) is 7.11 Å². The second kappa shape index (κ2) is 6.36. The van der Waals surface area contributed by atoms with Crippen LogP contribution in [0.15, 0.2) is 0 Å². The molecular weight excluding hydrogens is 234 g/mol. The van der Waals surface area contributed by atoms with E-state index in [2.05, 4.69) is 18.7 Å². The quantitative estimate of drug-likeness (QED) is 0.429. The van der Waals surface area contributed by atoms with Crippen LogP contribution in [0.3, 0.4) is 0 Å². The third-order valence-electron chi connectivity index (χ3n) is 2.17. The molecule has 96 valence electrons. The second-order valence-corrected chi connectivity index (χ2v) is 5.38. The maximum absolute atomic E-state index is 14.0. The third-order valence-corrected chi connectivity index (χ3v) is 3.21. The molecule has 0 aliphatic heterocycles. The number of carbonyl (C=O) groups excluding carboxylic acids is 1. The number of halogens is 1.